The lowest BCUT2D eigenvalue weighted by atomic mass is 10.1. The number of hydrogen-bond acceptors (Lipinski definition) is 2. The molecule has 0 aliphatic rings. The van der Waals surface area contributed by atoms with Crippen LogP contribution in [0.3, 0.4) is 0 Å². The number of thiocarbonyl (C=S) groups is 1. The topological polar surface area (TPSA) is 9.23 Å². The maximum absolute atomic E-state index is 5.41. The third kappa shape index (κ3) is 15.8. The molecule has 0 aromatic rings. The van der Waals surface area contributed by atoms with Crippen LogP contribution in [0.15, 0.2) is 0 Å². The fourth-order valence-corrected chi connectivity index (χ4v) is 2.45. The molecular weight excluding hydrogens is 252 g/mol. The number of hydrogen-bond donors (Lipinski definition) is 0. The average molecular weight is 287 g/mol. The molecule has 0 amide bonds. The molecule has 0 saturated heterocycles. The Labute approximate surface area is 126 Å². The Balaban J connectivity index is 3.04. The second kappa shape index (κ2) is 15.9. The van der Waals surface area contributed by atoms with Gasteiger partial charge < -0.3 is 4.74 Å². The van der Waals surface area contributed by atoms with Crippen molar-refractivity contribution in [3.05, 3.63) is 0 Å². The Bertz CT molecular complexity index is 192. The van der Waals surface area contributed by atoms with E-state index in [9.17, 15) is 0 Å². The molecule has 0 unspecified atom stereocenters. The lowest BCUT2D eigenvalue weighted by Gasteiger charge is -2.06. The van der Waals surface area contributed by atoms with Gasteiger partial charge in [-0.05, 0) is 25.1 Å². The van der Waals surface area contributed by atoms with Crippen molar-refractivity contribution in [1.29, 1.82) is 0 Å². The van der Waals surface area contributed by atoms with E-state index in [0.29, 0.717) is 0 Å². The summed E-state index contributed by atoms with van der Waals surface area (Å²) in [5.74, 6) is 0. The molecule has 0 fully saturated rings. The molecule has 0 aliphatic carbocycles. The Kier molecular flexibility index (Phi) is 15.9. The summed E-state index contributed by atoms with van der Waals surface area (Å²) in [7, 11) is 0. The van der Waals surface area contributed by atoms with Gasteiger partial charge in [0.1, 0.15) is 0 Å². The minimum absolute atomic E-state index is 0.789. The molecule has 0 aromatic heterocycles. The lowest BCUT2D eigenvalue weighted by molar-refractivity contribution is 0.303. The molecule has 0 spiro atoms. The van der Waals surface area contributed by atoms with Crippen LogP contribution in [-0.2, 0) is 4.74 Å². The van der Waals surface area contributed by atoms with Crippen molar-refractivity contribution in [2.24, 2.45) is 0 Å². The van der Waals surface area contributed by atoms with Crippen molar-refractivity contribution in [1.82, 2.24) is 0 Å². The highest BCUT2D eigenvalue weighted by Gasteiger charge is 1.97. The maximum Gasteiger partial charge on any atom is 0.159 e. The molecule has 0 rings (SSSR count). The Hall–Kier alpha value is -0.110. The second-order valence-electron chi connectivity index (χ2n) is 5.51. The highest BCUT2D eigenvalue weighted by molar-refractivity contribution is 7.80. The summed E-state index contributed by atoms with van der Waals surface area (Å²) in [5.41, 5.74) is 0. The van der Waals surface area contributed by atoms with Crippen molar-refractivity contribution in [3.8, 4) is 0 Å². The number of ether oxygens (including phenoxy) is 1. The van der Waals surface area contributed by atoms with Gasteiger partial charge in [0.25, 0.3) is 0 Å². The highest BCUT2D eigenvalue weighted by atomic mass is 32.1. The van der Waals surface area contributed by atoms with Crippen LogP contribution in [0.5, 0.6) is 0 Å². The maximum atomic E-state index is 5.41. The molecule has 0 saturated carbocycles. The molecule has 0 heterocycles. The van der Waals surface area contributed by atoms with Crippen LogP contribution in [0.2, 0.25) is 0 Å². The van der Waals surface area contributed by atoms with Crippen molar-refractivity contribution in [3.63, 3.8) is 0 Å². The van der Waals surface area contributed by atoms with Gasteiger partial charge in [0.05, 0.1) is 6.61 Å². The van der Waals surface area contributed by atoms with E-state index in [-0.39, 0.29) is 0 Å². The van der Waals surface area contributed by atoms with Crippen molar-refractivity contribution in [2.75, 3.05) is 6.61 Å². The standard InChI is InChI=1S/C17H34OS/c1-3-5-6-7-8-9-10-11-12-13-14-15-17(19)18-16-4-2/h3-16H2,1-2H3. The molecule has 0 atom stereocenters. The fourth-order valence-electron chi connectivity index (χ4n) is 2.22. The fraction of sp³-hybridized carbons (Fsp3) is 0.941. The first-order valence-electron chi connectivity index (χ1n) is 8.46. The summed E-state index contributed by atoms with van der Waals surface area (Å²) >= 11 is 5.17. The van der Waals surface area contributed by atoms with Gasteiger partial charge in [0.15, 0.2) is 5.05 Å². The third-order valence-electron chi connectivity index (χ3n) is 3.45. The number of unbranched alkanes of at least 4 members (excludes halogenated alkanes) is 10. The average Bonchev–Trinajstić information content (AvgIpc) is 2.42. The van der Waals surface area contributed by atoms with E-state index in [2.05, 4.69) is 13.8 Å². The first-order valence-corrected chi connectivity index (χ1v) is 8.87. The van der Waals surface area contributed by atoms with Crippen molar-refractivity contribution in [2.45, 2.75) is 97.3 Å². The van der Waals surface area contributed by atoms with Crippen LogP contribution in [0, 0.1) is 0 Å². The van der Waals surface area contributed by atoms with Gasteiger partial charge >= 0.3 is 0 Å². The monoisotopic (exact) mass is 286 g/mol. The van der Waals surface area contributed by atoms with E-state index in [1.54, 1.807) is 0 Å². The molecule has 0 aromatic carbocycles. The molecule has 0 radical (unpaired) electrons. The van der Waals surface area contributed by atoms with Crippen LogP contribution in [-0.4, -0.2) is 11.7 Å². The largest absolute Gasteiger partial charge is 0.487 e. The smallest absolute Gasteiger partial charge is 0.159 e. The summed E-state index contributed by atoms with van der Waals surface area (Å²) in [6.45, 7) is 5.18. The minimum Gasteiger partial charge on any atom is -0.487 e. The van der Waals surface area contributed by atoms with Gasteiger partial charge in [-0.2, -0.15) is 0 Å². The van der Waals surface area contributed by atoms with Gasteiger partial charge in [-0.15, -0.1) is 0 Å². The molecule has 114 valence electrons. The van der Waals surface area contributed by atoms with Crippen LogP contribution in [0.1, 0.15) is 97.3 Å². The Morgan fingerprint density at radius 3 is 1.63 bits per heavy atom. The minimum atomic E-state index is 0.789. The first kappa shape index (κ1) is 18.9. The van der Waals surface area contributed by atoms with E-state index >= 15 is 0 Å². The quantitative estimate of drug-likeness (QED) is 0.268. The summed E-state index contributed by atoms with van der Waals surface area (Å²) in [6, 6.07) is 0. The van der Waals surface area contributed by atoms with Gasteiger partial charge in [-0.3, -0.25) is 0 Å². The molecule has 0 bridgehead atoms. The van der Waals surface area contributed by atoms with Gasteiger partial charge in [-0.25, -0.2) is 0 Å². The van der Waals surface area contributed by atoms with E-state index < -0.39 is 0 Å². The van der Waals surface area contributed by atoms with Gasteiger partial charge in [0, 0.05) is 6.42 Å². The predicted molar refractivity (Wildman–Crippen MR) is 89.9 cm³/mol. The van der Waals surface area contributed by atoms with E-state index in [1.165, 1.54) is 70.6 Å². The zero-order chi connectivity index (χ0) is 14.2. The highest BCUT2D eigenvalue weighted by Crippen LogP contribution is 2.12. The molecule has 2 heteroatoms. The molecule has 19 heavy (non-hydrogen) atoms. The normalized spacial score (nSPS) is 10.6. The zero-order valence-electron chi connectivity index (χ0n) is 13.2. The van der Waals surface area contributed by atoms with E-state index in [0.717, 1.165) is 24.5 Å². The summed E-state index contributed by atoms with van der Waals surface area (Å²) < 4.78 is 5.41. The summed E-state index contributed by atoms with van der Waals surface area (Å²) in [5, 5.41) is 0.817. The molecule has 0 aliphatic heterocycles. The second-order valence-corrected chi connectivity index (χ2v) is 5.96. The lowest BCUT2D eigenvalue weighted by Crippen LogP contribution is -2.02. The summed E-state index contributed by atoms with van der Waals surface area (Å²) in [6.07, 6.45) is 17.3. The molecule has 0 N–H and O–H groups in total. The van der Waals surface area contributed by atoms with Crippen LogP contribution < -0.4 is 0 Å². The van der Waals surface area contributed by atoms with Gasteiger partial charge in [-0.1, -0.05) is 78.1 Å². The van der Waals surface area contributed by atoms with Crippen LogP contribution in [0.25, 0.3) is 0 Å². The van der Waals surface area contributed by atoms with Crippen molar-refractivity contribution < 1.29 is 4.74 Å². The SMILES string of the molecule is CCCCCCCCCCCCCC(=S)OCCC. The van der Waals surface area contributed by atoms with Crippen LogP contribution in [0.4, 0.5) is 0 Å². The Morgan fingerprint density at radius 1 is 0.684 bits per heavy atom. The first-order chi connectivity index (χ1) is 9.31. The molecule has 1 nitrogen and oxygen atoms in total. The van der Waals surface area contributed by atoms with Gasteiger partial charge in [0.2, 0.25) is 0 Å². The Morgan fingerprint density at radius 2 is 1.16 bits per heavy atom. The van der Waals surface area contributed by atoms with Crippen molar-refractivity contribution >= 4 is 17.3 Å². The third-order valence-corrected chi connectivity index (χ3v) is 3.77. The molecular formula is C17H34OS. The predicted octanol–water partition coefficient (Wildman–Crippen LogP) is 6.44. The van der Waals surface area contributed by atoms with E-state index in [4.69, 9.17) is 17.0 Å². The zero-order valence-corrected chi connectivity index (χ0v) is 14.0. The number of rotatable bonds is 14. The summed E-state index contributed by atoms with van der Waals surface area (Å²) in [4.78, 5) is 0. The van der Waals surface area contributed by atoms with E-state index in [1.807, 2.05) is 0 Å². The van der Waals surface area contributed by atoms with Crippen LogP contribution >= 0.6 is 12.2 Å².